The number of aromatic nitrogens is 2. The van der Waals surface area contributed by atoms with E-state index in [4.69, 9.17) is 9.98 Å². The highest BCUT2D eigenvalue weighted by atomic mass is 15.1. The van der Waals surface area contributed by atoms with E-state index in [9.17, 15) is 0 Å². The Balaban J connectivity index is 1.77. The molecule has 1 heterocycles. The number of nitrogens with zero attached hydrogens (tertiary/aromatic N) is 3. The van der Waals surface area contributed by atoms with Gasteiger partial charge in [-0.15, -0.1) is 0 Å². The van der Waals surface area contributed by atoms with Crippen LogP contribution in [0.2, 0.25) is 0 Å². The van der Waals surface area contributed by atoms with Gasteiger partial charge in [-0.2, -0.15) is 0 Å². The molecule has 1 aromatic heterocycles. The molecule has 0 unspecified atom stereocenters. The molecule has 3 heteroatoms. The molecule has 2 fully saturated rings. The molecule has 2 aromatic carbocycles. The lowest BCUT2D eigenvalue weighted by Gasteiger charge is -2.21. The van der Waals surface area contributed by atoms with Crippen LogP contribution < -0.4 is 5.62 Å². The van der Waals surface area contributed by atoms with E-state index in [-0.39, 0.29) is 0 Å². The molecule has 31 heavy (non-hydrogen) atoms. The molecule has 3 aromatic rings. The van der Waals surface area contributed by atoms with Crippen LogP contribution in [0.25, 0.3) is 5.69 Å². The quantitative estimate of drug-likeness (QED) is 0.589. The summed E-state index contributed by atoms with van der Waals surface area (Å²) < 4.78 is 2.11. The fourth-order valence-corrected chi connectivity index (χ4v) is 3.87. The van der Waals surface area contributed by atoms with Gasteiger partial charge >= 0.3 is 0 Å². The van der Waals surface area contributed by atoms with Crippen molar-refractivity contribution < 1.29 is 0 Å². The largest absolute Gasteiger partial charge is 0.285 e. The van der Waals surface area contributed by atoms with E-state index in [1.165, 1.54) is 5.56 Å². The molecule has 5 rings (SSSR count). The predicted octanol–water partition coefficient (Wildman–Crippen LogP) is 5.23. The van der Waals surface area contributed by atoms with Crippen molar-refractivity contribution in [1.29, 1.82) is 0 Å². The van der Waals surface area contributed by atoms with Crippen LogP contribution >= 0.6 is 0 Å². The average molecular weight is 402 g/mol. The van der Waals surface area contributed by atoms with Crippen LogP contribution in [0.15, 0.2) is 59.7 Å². The van der Waals surface area contributed by atoms with Crippen molar-refractivity contribution in [3.63, 3.8) is 0 Å². The molecule has 0 saturated heterocycles. The van der Waals surface area contributed by atoms with Crippen LogP contribution in [0.3, 0.4) is 0 Å². The van der Waals surface area contributed by atoms with Gasteiger partial charge in [0.15, 0.2) is 0 Å². The smallest absolute Gasteiger partial charge is 0.234 e. The second-order valence-corrected chi connectivity index (χ2v) is 7.71. The Labute approximate surface area is 185 Å². The molecule has 2 saturated carbocycles. The fraction of sp³-hybridized carbons (Fsp3) is 0.0714. The maximum atomic E-state index is 5.12. The third-order valence-electron chi connectivity index (χ3n) is 5.56. The molecule has 10 radical (unpaired) electrons. The van der Waals surface area contributed by atoms with E-state index >= 15 is 0 Å². The molecule has 2 aliphatic carbocycles. The Morgan fingerprint density at radius 3 is 2.00 bits per heavy atom. The Bertz CT molecular complexity index is 1130. The van der Waals surface area contributed by atoms with E-state index in [1.807, 2.05) is 31.0 Å². The zero-order chi connectivity index (χ0) is 21.2. The minimum atomic E-state index is 0.662. The lowest BCUT2D eigenvalue weighted by Crippen LogP contribution is -2.28. The van der Waals surface area contributed by atoms with Gasteiger partial charge in [0, 0.05) is 18.0 Å². The summed E-state index contributed by atoms with van der Waals surface area (Å²) in [6.07, 6.45) is 18.9. The van der Waals surface area contributed by atoms with Crippen molar-refractivity contribution in [3.05, 3.63) is 146 Å². The second-order valence-electron chi connectivity index (χ2n) is 7.71. The topological polar surface area (TPSA) is 30.2 Å². The van der Waals surface area contributed by atoms with Crippen LogP contribution in [0, 0.1) is 77.0 Å². The third-order valence-corrected chi connectivity index (χ3v) is 5.56. The van der Waals surface area contributed by atoms with Crippen molar-refractivity contribution in [2.75, 3.05) is 0 Å². The molecule has 0 aliphatic heterocycles. The van der Waals surface area contributed by atoms with E-state index in [0.717, 1.165) is 40.0 Å². The highest BCUT2D eigenvalue weighted by Crippen LogP contribution is 2.37. The Hall–Kier alpha value is -2.68. The highest BCUT2D eigenvalue weighted by molar-refractivity contribution is 5.59. The van der Waals surface area contributed by atoms with Crippen molar-refractivity contribution in [3.8, 4) is 5.69 Å². The summed E-state index contributed by atoms with van der Waals surface area (Å²) in [5, 5.41) is 0. The van der Waals surface area contributed by atoms with E-state index in [0.29, 0.717) is 5.62 Å². The van der Waals surface area contributed by atoms with Gasteiger partial charge < -0.3 is 0 Å². The zero-order valence-corrected chi connectivity index (χ0v) is 17.7. The standard InChI is InChI=1S/C28H23N3/c1-20-11-3-9-17-25(20)29-28-30-27(23-15-7-8-16-23)24(22-13-5-6-14-22)19-31(28)26-18-10-4-12-21(26)2/h3-19H,1-2H3. The minimum Gasteiger partial charge on any atom is -0.285 e. The Morgan fingerprint density at radius 2 is 1.32 bits per heavy atom. The highest BCUT2D eigenvalue weighted by Gasteiger charge is 2.29. The van der Waals surface area contributed by atoms with Gasteiger partial charge in [0.25, 0.3) is 0 Å². The van der Waals surface area contributed by atoms with Crippen LogP contribution in [0.5, 0.6) is 0 Å². The number of benzene rings is 2. The molecule has 0 N–H and O–H groups in total. The molecule has 0 atom stereocenters. The molecular weight excluding hydrogens is 378 g/mol. The summed E-state index contributed by atoms with van der Waals surface area (Å²) in [5.41, 5.74) is 6.98. The van der Waals surface area contributed by atoms with Gasteiger partial charge in [0.2, 0.25) is 5.62 Å². The fourth-order valence-electron chi connectivity index (χ4n) is 3.87. The lowest BCUT2D eigenvalue weighted by atomic mass is 9.90. The van der Waals surface area contributed by atoms with Crippen LogP contribution in [-0.2, 0) is 0 Å². The molecule has 3 nitrogen and oxygen atoms in total. The first-order chi connectivity index (χ1) is 15.2. The van der Waals surface area contributed by atoms with Crippen LogP contribution in [-0.4, -0.2) is 9.55 Å². The summed E-state index contributed by atoms with van der Waals surface area (Å²) in [5.74, 6) is 2.24. The summed E-state index contributed by atoms with van der Waals surface area (Å²) in [6.45, 7) is 4.20. The Morgan fingerprint density at radius 1 is 0.710 bits per heavy atom. The SMILES string of the molecule is Cc1ccccc1N=c1nc([C]2[CH][CH][CH][CH]2)c([C]2[CH][CH][CH][CH]2)cn1-c1ccccc1C. The van der Waals surface area contributed by atoms with E-state index in [1.54, 1.807) is 0 Å². The number of hydrogen-bond donors (Lipinski definition) is 0. The van der Waals surface area contributed by atoms with Crippen LogP contribution in [0.4, 0.5) is 5.69 Å². The van der Waals surface area contributed by atoms with Crippen molar-refractivity contribution in [2.24, 2.45) is 4.99 Å². The molecule has 150 valence electrons. The molecule has 0 bridgehead atoms. The number of rotatable bonds is 4. The van der Waals surface area contributed by atoms with Crippen LogP contribution in [0.1, 0.15) is 22.4 Å². The molecular formula is C28H23N3. The first kappa shape index (κ1) is 20.2. The van der Waals surface area contributed by atoms with Gasteiger partial charge in [-0.1, -0.05) is 36.4 Å². The van der Waals surface area contributed by atoms with E-state index < -0.39 is 0 Å². The normalized spacial score (nSPS) is 18.2. The molecule has 0 amide bonds. The second kappa shape index (κ2) is 8.82. The van der Waals surface area contributed by atoms with Gasteiger partial charge in [-0.3, -0.25) is 4.57 Å². The average Bonchev–Trinajstić information content (AvgIpc) is 3.50. The van der Waals surface area contributed by atoms with Crippen molar-refractivity contribution in [1.82, 2.24) is 9.55 Å². The maximum Gasteiger partial charge on any atom is 0.234 e. The van der Waals surface area contributed by atoms with Gasteiger partial charge in [-0.05, 0) is 94.0 Å². The minimum absolute atomic E-state index is 0.662. The predicted molar refractivity (Wildman–Crippen MR) is 124 cm³/mol. The number of para-hydroxylation sites is 2. The van der Waals surface area contributed by atoms with E-state index in [2.05, 4.69) is 93.5 Å². The summed E-state index contributed by atoms with van der Waals surface area (Å²) in [6, 6.07) is 16.5. The molecule has 0 spiro atoms. The first-order valence-corrected chi connectivity index (χ1v) is 10.4. The van der Waals surface area contributed by atoms with Crippen molar-refractivity contribution >= 4 is 5.69 Å². The first-order valence-electron chi connectivity index (χ1n) is 10.4. The lowest BCUT2D eigenvalue weighted by molar-refractivity contribution is 0.831. The zero-order valence-electron chi connectivity index (χ0n) is 17.7. The van der Waals surface area contributed by atoms with Gasteiger partial charge in [0.05, 0.1) is 17.1 Å². The van der Waals surface area contributed by atoms with Gasteiger partial charge in [-0.25, -0.2) is 9.98 Å². The summed E-state index contributed by atoms with van der Waals surface area (Å²) in [7, 11) is 0. The maximum absolute atomic E-state index is 5.12. The molecule has 2 aliphatic rings. The van der Waals surface area contributed by atoms with Crippen molar-refractivity contribution in [2.45, 2.75) is 13.8 Å². The number of aryl methyl sites for hydroxylation is 2. The van der Waals surface area contributed by atoms with Gasteiger partial charge in [0.1, 0.15) is 0 Å². The Kier molecular flexibility index (Phi) is 5.76. The third kappa shape index (κ3) is 4.11. The monoisotopic (exact) mass is 401 g/mol. The summed E-state index contributed by atoms with van der Waals surface area (Å²) >= 11 is 0. The summed E-state index contributed by atoms with van der Waals surface area (Å²) in [4.78, 5) is 10.1. The number of hydrogen-bond acceptors (Lipinski definition) is 2.